The van der Waals surface area contributed by atoms with Gasteiger partial charge in [0.05, 0.1) is 41.7 Å². The predicted molar refractivity (Wildman–Crippen MR) is 121 cm³/mol. The summed E-state index contributed by atoms with van der Waals surface area (Å²) in [5.74, 6) is -0.0610. The normalized spacial score (nSPS) is 14.0. The number of aromatic nitrogens is 1. The molecule has 1 N–H and O–H groups in total. The maximum atomic E-state index is 12.7. The molecule has 1 fully saturated rings. The van der Waals surface area contributed by atoms with Crippen molar-refractivity contribution in [2.24, 2.45) is 0 Å². The average Bonchev–Trinajstić information content (AvgIpc) is 3.16. The Morgan fingerprint density at radius 2 is 1.97 bits per heavy atom. The molecule has 1 aliphatic rings. The van der Waals surface area contributed by atoms with Crippen LogP contribution in [0.2, 0.25) is 0 Å². The average molecular weight is 472 g/mol. The van der Waals surface area contributed by atoms with Crippen LogP contribution in [-0.2, 0) is 22.4 Å². The van der Waals surface area contributed by atoms with Crippen molar-refractivity contribution in [3.8, 4) is 0 Å². The van der Waals surface area contributed by atoms with Crippen LogP contribution in [0.25, 0.3) is 0 Å². The van der Waals surface area contributed by atoms with Crippen LogP contribution < -0.4 is 10.2 Å². The molecule has 29 heavy (non-hydrogen) atoms. The molecule has 0 aliphatic carbocycles. The van der Waals surface area contributed by atoms with E-state index in [1.807, 2.05) is 41.8 Å². The predicted octanol–water partition coefficient (Wildman–Crippen LogP) is 4.51. The van der Waals surface area contributed by atoms with E-state index in [9.17, 15) is 4.79 Å². The summed E-state index contributed by atoms with van der Waals surface area (Å²) in [7, 11) is 0. The van der Waals surface area contributed by atoms with Crippen molar-refractivity contribution < 1.29 is 9.53 Å². The van der Waals surface area contributed by atoms with Gasteiger partial charge in [0, 0.05) is 29.4 Å². The van der Waals surface area contributed by atoms with Gasteiger partial charge in [0.25, 0.3) is 0 Å². The smallest absolute Gasteiger partial charge is 0.230 e. The van der Waals surface area contributed by atoms with Crippen molar-refractivity contribution in [3.63, 3.8) is 0 Å². The van der Waals surface area contributed by atoms with Crippen LogP contribution in [0.1, 0.15) is 16.3 Å². The van der Waals surface area contributed by atoms with Gasteiger partial charge in [0.2, 0.25) is 5.91 Å². The van der Waals surface area contributed by atoms with Crippen LogP contribution in [0.5, 0.6) is 0 Å². The van der Waals surface area contributed by atoms with Crippen LogP contribution in [-0.4, -0.2) is 37.2 Å². The molecule has 1 saturated heterocycles. The molecule has 0 radical (unpaired) electrons. The van der Waals surface area contributed by atoms with E-state index in [-0.39, 0.29) is 12.3 Å². The first-order valence-corrected chi connectivity index (χ1v) is 11.2. The van der Waals surface area contributed by atoms with Crippen molar-refractivity contribution in [3.05, 3.63) is 74.6 Å². The lowest BCUT2D eigenvalue weighted by Gasteiger charge is -2.30. The fourth-order valence-corrected chi connectivity index (χ4v) is 4.52. The lowest BCUT2D eigenvalue weighted by molar-refractivity contribution is -0.115. The zero-order chi connectivity index (χ0) is 20.1. The Bertz CT molecular complexity index is 971. The third-order valence-corrected chi connectivity index (χ3v) is 6.11. The Morgan fingerprint density at radius 3 is 2.76 bits per heavy atom. The van der Waals surface area contributed by atoms with Gasteiger partial charge in [-0.05, 0) is 23.8 Å². The summed E-state index contributed by atoms with van der Waals surface area (Å²) in [5.41, 5.74) is 3.86. The molecule has 4 rings (SSSR count). The molecular formula is C22H22BrN3O2S. The van der Waals surface area contributed by atoms with Crippen molar-refractivity contribution in [2.45, 2.75) is 12.8 Å². The number of nitrogens with one attached hydrogen (secondary N) is 1. The van der Waals surface area contributed by atoms with E-state index < -0.39 is 0 Å². The highest BCUT2D eigenvalue weighted by molar-refractivity contribution is 9.10. The molecule has 0 saturated carbocycles. The highest BCUT2D eigenvalue weighted by Gasteiger charge is 2.17. The summed E-state index contributed by atoms with van der Waals surface area (Å²) in [4.78, 5) is 19.6. The molecule has 1 amide bonds. The van der Waals surface area contributed by atoms with Gasteiger partial charge in [-0.15, -0.1) is 11.3 Å². The zero-order valence-electron chi connectivity index (χ0n) is 15.9. The second-order valence-electron chi connectivity index (χ2n) is 6.88. The fraction of sp³-hybridized carbons (Fsp3) is 0.273. The Labute approximate surface area is 182 Å². The lowest BCUT2D eigenvalue weighted by Crippen LogP contribution is -2.36. The van der Waals surface area contributed by atoms with E-state index in [4.69, 9.17) is 4.74 Å². The summed E-state index contributed by atoms with van der Waals surface area (Å²) < 4.78 is 6.38. The van der Waals surface area contributed by atoms with Crippen LogP contribution in [0.15, 0.2) is 58.4 Å². The molecule has 0 spiro atoms. The standard InChI is InChI=1S/C22H22BrN3O2S/c23-17-6-7-20(26-8-10-28-11-9-26)19(13-17)25-21(27)14-18-15-29-22(24-18)12-16-4-2-1-3-5-16/h1-7,13,15H,8-12,14H2,(H,25,27). The van der Waals surface area contributed by atoms with Gasteiger partial charge >= 0.3 is 0 Å². The maximum absolute atomic E-state index is 12.7. The van der Waals surface area contributed by atoms with Gasteiger partial charge in [0.15, 0.2) is 0 Å². The molecule has 3 aromatic rings. The first kappa shape index (κ1) is 20.1. The van der Waals surface area contributed by atoms with Crippen molar-refractivity contribution >= 4 is 44.5 Å². The van der Waals surface area contributed by atoms with Gasteiger partial charge < -0.3 is 15.0 Å². The maximum Gasteiger partial charge on any atom is 0.230 e. The topological polar surface area (TPSA) is 54.5 Å². The largest absolute Gasteiger partial charge is 0.378 e. The lowest BCUT2D eigenvalue weighted by atomic mass is 10.2. The van der Waals surface area contributed by atoms with Crippen LogP contribution >= 0.6 is 27.3 Å². The number of anilines is 2. The number of carbonyl (C=O) groups is 1. The van der Waals surface area contributed by atoms with E-state index >= 15 is 0 Å². The first-order chi connectivity index (χ1) is 14.2. The quantitative estimate of drug-likeness (QED) is 0.574. The van der Waals surface area contributed by atoms with Crippen molar-refractivity contribution in [2.75, 3.05) is 36.5 Å². The summed E-state index contributed by atoms with van der Waals surface area (Å²) >= 11 is 5.11. The number of hydrogen-bond donors (Lipinski definition) is 1. The number of rotatable bonds is 6. The Balaban J connectivity index is 1.42. The molecule has 1 aromatic heterocycles. The zero-order valence-corrected chi connectivity index (χ0v) is 18.3. The number of hydrogen-bond acceptors (Lipinski definition) is 5. The molecule has 2 aromatic carbocycles. The molecule has 0 bridgehead atoms. The highest BCUT2D eigenvalue weighted by atomic mass is 79.9. The molecule has 5 nitrogen and oxygen atoms in total. The number of morpholine rings is 1. The number of benzene rings is 2. The van der Waals surface area contributed by atoms with Gasteiger partial charge in [-0.1, -0.05) is 46.3 Å². The Morgan fingerprint density at radius 1 is 1.17 bits per heavy atom. The third-order valence-electron chi connectivity index (χ3n) is 4.72. The monoisotopic (exact) mass is 471 g/mol. The number of thiazole rings is 1. The molecule has 1 aliphatic heterocycles. The van der Waals surface area contributed by atoms with Crippen LogP contribution in [0.4, 0.5) is 11.4 Å². The van der Waals surface area contributed by atoms with Gasteiger partial charge in [-0.3, -0.25) is 4.79 Å². The van der Waals surface area contributed by atoms with Crippen LogP contribution in [0.3, 0.4) is 0 Å². The number of ether oxygens (including phenoxy) is 1. The SMILES string of the molecule is O=C(Cc1csc(Cc2ccccc2)n1)Nc1cc(Br)ccc1N1CCOCC1. The number of nitrogens with zero attached hydrogens (tertiary/aromatic N) is 2. The molecular weight excluding hydrogens is 450 g/mol. The minimum Gasteiger partial charge on any atom is -0.378 e. The second-order valence-corrected chi connectivity index (χ2v) is 8.74. The van der Waals surface area contributed by atoms with E-state index in [0.717, 1.165) is 46.1 Å². The van der Waals surface area contributed by atoms with E-state index in [0.29, 0.717) is 13.2 Å². The summed E-state index contributed by atoms with van der Waals surface area (Å²) in [5, 5.41) is 6.07. The molecule has 2 heterocycles. The van der Waals surface area contributed by atoms with Crippen molar-refractivity contribution in [1.82, 2.24) is 4.98 Å². The Kier molecular flexibility index (Phi) is 6.59. The second kappa shape index (κ2) is 9.52. The highest BCUT2D eigenvalue weighted by Crippen LogP contribution is 2.30. The minimum absolute atomic E-state index is 0.0610. The van der Waals surface area contributed by atoms with E-state index in [1.54, 1.807) is 11.3 Å². The summed E-state index contributed by atoms with van der Waals surface area (Å²) in [6.45, 7) is 3.04. The summed E-state index contributed by atoms with van der Waals surface area (Å²) in [6.07, 6.45) is 1.06. The minimum atomic E-state index is -0.0610. The number of amides is 1. The third kappa shape index (κ3) is 5.44. The fourth-order valence-electron chi connectivity index (χ4n) is 3.33. The first-order valence-electron chi connectivity index (χ1n) is 9.57. The van der Waals surface area contributed by atoms with Gasteiger partial charge in [0.1, 0.15) is 0 Å². The van der Waals surface area contributed by atoms with Crippen molar-refractivity contribution in [1.29, 1.82) is 0 Å². The molecule has 0 unspecified atom stereocenters. The Hall–Kier alpha value is -2.22. The van der Waals surface area contributed by atoms with E-state index in [1.165, 1.54) is 5.56 Å². The molecule has 150 valence electrons. The van der Waals surface area contributed by atoms with Gasteiger partial charge in [-0.2, -0.15) is 0 Å². The van der Waals surface area contributed by atoms with Crippen LogP contribution in [0, 0.1) is 0 Å². The van der Waals surface area contributed by atoms with E-state index in [2.05, 4.69) is 43.3 Å². The molecule has 0 atom stereocenters. The van der Waals surface area contributed by atoms with Gasteiger partial charge in [-0.25, -0.2) is 4.98 Å². The number of carbonyl (C=O) groups excluding carboxylic acids is 1. The molecule has 7 heteroatoms. The summed E-state index contributed by atoms with van der Waals surface area (Å²) in [6, 6.07) is 16.2. The number of halogens is 1.